The van der Waals surface area contributed by atoms with Crippen LogP contribution in [0.4, 0.5) is 10.6 Å². The summed E-state index contributed by atoms with van der Waals surface area (Å²) in [6, 6.07) is -0.421. The molecule has 0 radical (unpaired) electrons. The maximum Gasteiger partial charge on any atom is 0.333 e. The summed E-state index contributed by atoms with van der Waals surface area (Å²) in [6.07, 6.45) is 7.27. The van der Waals surface area contributed by atoms with Gasteiger partial charge < -0.3 is 10.0 Å². The van der Waals surface area contributed by atoms with E-state index in [-0.39, 0.29) is 43.4 Å². The van der Waals surface area contributed by atoms with Gasteiger partial charge in [-0.3, -0.25) is 24.4 Å². The van der Waals surface area contributed by atoms with E-state index in [1.54, 1.807) is 6.20 Å². The van der Waals surface area contributed by atoms with E-state index < -0.39 is 5.97 Å². The summed E-state index contributed by atoms with van der Waals surface area (Å²) in [7, 11) is 0. The number of hydrogen-bond donors (Lipinski definition) is 1. The van der Waals surface area contributed by atoms with Crippen molar-refractivity contribution in [2.45, 2.75) is 64.3 Å². The fraction of sp³-hybridized carbons (Fsp3) is 0.682. The number of halogens is 1. The molecule has 3 aliphatic rings. The number of hydrogen-bond acceptors (Lipinski definition) is 6. The van der Waals surface area contributed by atoms with Crippen LogP contribution in [0.5, 0.6) is 0 Å². The Morgan fingerprint density at radius 2 is 1.81 bits per heavy atom. The van der Waals surface area contributed by atoms with Gasteiger partial charge in [0.2, 0.25) is 0 Å². The number of aromatic nitrogens is 2. The molecule has 1 aromatic rings. The highest BCUT2D eigenvalue weighted by atomic mass is 35.5. The highest BCUT2D eigenvalue weighted by molar-refractivity contribution is 6.12. The number of rotatable bonds is 6. The molecule has 3 amide bonds. The lowest BCUT2D eigenvalue weighted by Gasteiger charge is -2.33. The second-order valence-corrected chi connectivity index (χ2v) is 8.80. The molecule has 1 saturated heterocycles. The van der Waals surface area contributed by atoms with Crippen LogP contribution in [0.15, 0.2) is 6.20 Å². The lowest BCUT2D eigenvalue weighted by atomic mass is 9.83. The Kier molecular flexibility index (Phi) is 8.05. The zero-order valence-corrected chi connectivity index (χ0v) is 19.4. The topological polar surface area (TPSA) is 107 Å². The Morgan fingerprint density at radius 1 is 1.12 bits per heavy atom. The fourth-order valence-electron chi connectivity index (χ4n) is 5.01. The lowest BCUT2D eigenvalue weighted by molar-refractivity contribution is -0.137. The number of nitrogens with zero attached hydrogens (tertiary/aromatic N) is 5. The first-order chi connectivity index (χ1) is 15.0. The maximum absolute atomic E-state index is 13.1. The molecule has 10 heteroatoms. The number of imide groups is 1. The number of amides is 3. The van der Waals surface area contributed by atoms with Crippen LogP contribution in [-0.2, 0) is 22.4 Å². The third-order valence-corrected chi connectivity index (χ3v) is 6.92. The number of anilines is 1. The number of aliphatic carboxylic acids is 1. The van der Waals surface area contributed by atoms with Gasteiger partial charge in [-0.05, 0) is 44.6 Å². The van der Waals surface area contributed by atoms with Crippen LogP contribution in [0, 0.1) is 5.92 Å². The predicted molar refractivity (Wildman–Crippen MR) is 121 cm³/mol. The summed E-state index contributed by atoms with van der Waals surface area (Å²) in [5, 5.41) is 8.87. The van der Waals surface area contributed by atoms with E-state index >= 15 is 0 Å². The van der Waals surface area contributed by atoms with Crippen LogP contribution in [-0.4, -0.2) is 75.0 Å². The van der Waals surface area contributed by atoms with Crippen LogP contribution >= 0.6 is 12.4 Å². The van der Waals surface area contributed by atoms with Crippen molar-refractivity contribution in [3.8, 4) is 0 Å². The normalized spacial score (nSPS) is 24.2. The quantitative estimate of drug-likeness (QED) is 0.643. The largest absolute Gasteiger partial charge is 0.481 e. The summed E-state index contributed by atoms with van der Waals surface area (Å²) < 4.78 is 0. The first-order valence-electron chi connectivity index (χ1n) is 11.4. The molecular formula is C22H32ClN5O4. The molecule has 0 bridgehead atoms. The molecule has 1 aromatic heterocycles. The van der Waals surface area contributed by atoms with Crippen molar-refractivity contribution < 1.29 is 19.5 Å². The van der Waals surface area contributed by atoms with Crippen molar-refractivity contribution in [2.24, 2.45) is 5.92 Å². The number of carboxylic acid groups (broad SMARTS) is 1. The SMILES string of the molecule is CCN1CCc2ncc(N3CC(=O)N([C@H]4CC[C@H](CCC(=O)O)CC4)C3=O)nc2CC1.Cl. The third kappa shape index (κ3) is 5.20. The number of carbonyl (C=O) groups is 3. The standard InChI is InChI=1S/C22H31N5O4.ClH/c1-2-25-11-9-17-18(10-12-25)24-19(13-23-17)26-14-20(28)27(22(26)31)16-6-3-15(4-7-16)5-8-21(29)30;/h13,15-16H,2-12,14H2,1H3,(H,29,30);1H/t15-,16-;. The number of likely N-dealkylation sites (N-methyl/N-ethyl adjacent to an activating group) is 1. The molecule has 1 N–H and O–H groups in total. The Balaban J connectivity index is 0.00000289. The second-order valence-electron chi connectivity index (χ2n) is 8.80. The molecule has 0 unspecified atom stereocenters. The number of urea groups is 1. The molecule has 0 aromatic carbocycles. The first kappa shape index (κ1) is 24.4. The van der Waals surface area contributed by atoms with E-state index in [0.29, 0.717) is 18.2 Å². The van der Waals surface area contributed by atoms with E-state index in [0.717, 1.165) is 69.5 Å². The van der Waals surface area contributed by atoms with Crippen molar-refractivity contribution in [3.63, 3.8) is 0 Å². The molecule has 4 rings (SSSR count). The second kappa shape index (κ2) is 10.6. The third-order valence-electron chi connectivity index (χ3n) is 6.92. The van der Waals surface area contributed by atoms with Gasteiger partial charge in [-0.1, -0.05) is 6.92 Å². The molecule has 0 spiro atoms. The van der Waals surface area contributed by atoms with Gasteiger partial charge in [0.25, 0.3) is 5.91 Å². The minimum atomic E-state index is -0.771. The highest BCUT2D eigenvalue weighted by Gasteiger charge is 2.43. The van der Waals surface area contributed by atoms with Crippen molar-refractivity contribution in [2.75, 3.05) is 31.1 Å². The van der Waals surface area contributed by atoms with Crippen LogP contribution < -0.4 is 4.90 Å². The summed E-state index contributed by atoms with van der Waals surface area (Å²) >= 11 is 0. The van der Waals surface area contributed by atoms with Crippen molar-refractivity contribution in [3.05, 3.63) is 17.6 Å². The van der Waals surface area contributed by atoms with Crippen LogP contribution in [0.3, 0.4) is 0 Å². The van der Waals surface area contributed by atoms with Gasteiger partial charge in [0.05, 0.1) is 17.6 Å². The summed E-state index contributed by atoms with van der Waals surface area (Å²) in [5.41, 5.74) is 1.90. The van der Waals surface area contributed by atoms with E-state index in [1.165, 1.54) is 9.80 Å². The van der Waals surface area contributed by atoms with Crippen molar-refractivity contribution in [1.82, 2.24) is 19.8 Å². The molecule has 176 valence electrons. The van der Waals surface area contributed by atoms with Crippen LogP contribution in [0.1, 0.15) is 56.8 Å². The molecular weight excluding hydrogens is 434 g/mol. The Morgan fingerprint density at radius 3 is 2.47 bits per heavy atom. The van der Waals surface area contributed by atoms with Crippen molar-refractivity contribution >= 4 is 36.1 Å². The average Bonchev–Trinajstić information content (AvgIpc) is 2.94. The molecule has 0 atom stereocenters. The number of fused-ring (bicyclic) bond motifs is 1. The molecule has 2 aliphatic heterocycles. The average molecular weight is 466 g/mol. The van der Waals surface area contributed by atoms with Gasteiger partial charge in [-0.2, -0.15) is 0 Å². The first-order valence-corrected chi connectivity index (χ1v) is 11.4. The monoisotopic (exact) mass is 465 g/mol. The molecule has 3 heterocycles. The molecule has 1 aliphatic carbocycles. The summed E-state index contributed by atoms with van der Waals surface area (Å²) in [5.74, 6) is -0.145. The molecule has 9 nitrogen and oxygen atoms in total. The van der Waals surface area contributed by atoms with E-state index in [1.807, 2.05) is 0 Å². The van der Waals surface area contributed by atoms with E-state index in [9.17, 15) is 14.4 Å². The van der Waals surface area contributed by atoms with E-state index in [4.69, 9.17) is 10.1 Å². The summed E-state index contributed by atoms with van der Waals surface area (Å²) in [6.45, 7) is 5.03. The molecule has 2 fully saturated rings. The zero-order chi connectivity index (χ0) is 22.0. The smallest absolute Gasteiger partial charge is 0.333 e. The van der Waals surface area contributed by atoms with Crippen LogP contribution in [0.25, 0.3) is 0 Å². The number of carbonyl (C=O) groups excluding carboxylic acids is 2. The van der Waals surface area contributed by atoms with Gasteiger partial charge in [0.15, 0.2) is 5.82 Å². The minimum absolute atomic E-state index is 0. The number of carboxylic acids is 1. The lowest BCUT2D eigenvalue weighted by Crippen LogP contribution is -2.43. The summed E-state index contributed by atoms with van der Waals surface area (Å²) in [4.78, 5) is 51.2. The predicted octanol–water partition coefficient (Wildman–Crippen LogP) is 2.51. The van der Waals surface area contributed by atoms with Gasteiger partial charge in [-0.25, -0.2) is 9.78 Å². The fourth-order valence-corrected chi connectivity index (χ4v) is 5.01. The van der Waals surface area contributed by atoms with Gasteiger partial charge in [0, 0.05) is 38.4 Å². The Bertz CT molecular complexity index is 859. The van der Waals surface area contributed by atoms with Crippen LogP contribution in [0.2, 0.25) is 0 Å². The Hall–Kier alpha value is -2.26. The maximum atomic E-state index is 13.1. The van der Waals surface area contributed by atoms with E-state index in [2.05, 4.69) is 16.8 Å². The molecule has 32 heavy (non-hydrogen) atoms. The van der Waals surface area contributed by atoms with Gasteiger partial charge >= 0.3 is 12.0 Å². The minimum Gasteiger partial charge on any atom is -0.481 e. The van der Waals surface area contributed by atoms with Crippen molar-refractivity contribution in [1.29, 1.82) is 0 Å². The zero-order valence-electron chi connectivity index (χ0n) is 18.5. The molecule has 1 saturated carbocycles. The highest BCUT2D eigenvalue weighted by Crippen LogP contribution is 2.33. The van der Waals surface area contributed by atoms with Gasteiger partial charge in [0.1, 0.15) is 6.54 Å². The Labute approximate surface area is 194 Å². The van der Waals surface area contributed by atoms with Gasteiger partial charge in [-0.15, -0.1) is 12.4 Å².